The maximum Gasteiger partial charge on any atom is 0.408 e. The Morgan fingerprint density at radius 3 is 2.12 bits per heavy atom. The van der Waals surface area contributed by atoms with Crippen LogP contribution in [-0.4, -0.2) is 86.8 Å². The minimum Gasteiger partial charge on any atom is -0.445 e. The van der Waals surface area contributed by atoms with Crippen molar-refractivity contribution in [3.8, 4) is 0 Å². The molecule has 3 rings (SSSR count). The fraction of sp³-hybridized carbons (Fsp3) is 0.467. The fourth-order valence-electron chi connectivity index (χ4n) is 5.49. The first-order valence-electron chi connectivity index (χ1n) is 13.8. The van der Waals surface area contributed by atoms with Crippen molar-refractivity contribution in [3.05, 3.63) is 71.8 Å². The summed E-state index contributed by atoms with van der Waals surface area (Å²) in [6.45, 7) is 4.54. The van der Waals surface area contributed by atoms with Crippen LogP contribution in [0.5, 0.6) is 0 Å². The zero-order valence-electron chi connectivity index (χ0n) is 24.0. The van der Waals surface area contributed by atoms with Gasteiger partial charge in [-0.05, 0) is 38.3 Å². The van der Waals surface area contributed by atoms with E-state index in [1.54, 1.807) is 75.4 Å². The number of ether oxygens (including phenoxy) is 1. The highest BCUT2D eigenvalue weighted by Crippen LogP contribution is 2.40. The third-order valence-corrected chi connectivity index (χ3v) is 8.00. The van der Waals surface area contributed by atoms with Crippen molar-refractivity contribution in [1.82, 2.24) is 10.6 Å². The van der Waals surface area contributed by atoms with E-state index >= 15 is 0 Å². The Labute approximate surface area is 250 Å². The predicted molar refractivity (Wildman–Crippen MR) is 156 cm³/mol. The molecule has 1 unspecified atom stereocenters. The number of rotatable bonds is 11. The molecule has 0 radical (unpaired) electrons. The van der Waals surface area contributed by atoms with Crippen molar-refractivity contribution in [2.75, 3.05) is 13.2 Å². The molecule has 228 valence electrons. The van der Waals surface area contributed by atoms with Crippen LogP contribution in [0.25, 0.3) is 0 Å². The topological polar surface area (TPSA) is 168 Å². The molecule has 4 amide bonds. The fourth-order valence-corrected chi connectivity index (χ4v) is 5.87. The second-order valence-corrected chi connectivity index (χ2v) is 12.1. The summed E-state index contributed by atoms with van der Waals surface area (Å²) in [5, 5.41) is 25.9. The van der Waals surface area contributed by atoms with E-state index in [1.165, 1.54) is 0 Å². The molecule has 11 nitrogen and oxygen atoms in total. The van der Waals surface area contributed by atoms with E-state index in [2.05, 4.69) is 10.6 Å². The monoisotopic (exact) mass is 603 g/mol. The van der Waals surface area contributed by atoms with E-state index in [0.29, 0.717) is 5.56 Å². The quantitative estimate of drug-likeness (QED) is 0.191. The molecule has 42 heavy (non-hydrogen) atoms. The Bertz CT molecular complexity index is 1240. The largest absolute Gasteiger partial charge is 0.445 e. The maximum absolute atomic E-state index is 14.2. The Kier molecular flexibility index (Phi) is 11.1. The number of benzene rings is 2. The second kappa shape index (κ2) is 14.1. The van der Waals surface area contributed by atoms with Gasteiger partial charge in [-0.3, -0.25) is 9.59 Å². The van der Waals surface area contributed by atoms with Gasteiger partial charge in [-0.1, -0.05) is 60.7 Å². The number of aliphatic hydroxyl groups is 2. The van der Waals surface area contributed by atoms with Crippen LogP contribution < -0.4 is 16.4 Å². The molecule has 1 heterocycles. The number of aliphatic hydroxyl groups excluding tert-OH is 2. The number of hydrogen-bond donors (Lipinski definition) is 5. The average molecular weight is 604 g/mol. The molecule has 0 aliphatic carbocycles. The van der Waals surface area contributed by atoms with Crippen LogP contribution >= 0.6 is 11.6 Å². The van der Waals surface area contributed by atoms with Gasteiger partial charge in [-0.2, -0.15) is 0 Å². The molecule has 0 spiro atoms. The van der Waals surface area contributed by atoms with Crippen LogP contribution in [0.1, 0.15) is 38.3 Å². The lowest BCUT2D eigenvalue weighted by Crippen LogP contribution is -2.73. The second-order valence-electron chi connectivity index (χ2n) is 11.5. The van der Waals surface area contributed by atoms with Crippen LogP contribution in [0.2, 0.25) is 0 Å². The number of hydrogen-bond acceptors (Lipinski definition) is 7. The number of quaternary nitrogens is 1. The number of alkyl carbamates (subject to hydrolysis) is 1. The van der Waals surface area contributed by atoms with E-state index in [1.807, 2.05) is 6.07 Å². The summed E-state index contributed by atoms with van der Waals surface area (Å²) in [7, 11) is 0. The molecule has 6 N–H and O–H groups in total. The maximum atomic E-state index is 14.2. The van der Waals surface area contributed by atoms with E-state index in [4.69, 9.17) is 22.1 Å². The summed E-state index contributed by atoms with van der Waals surface area (Å²) < 4.78 is 4.66. The first-order chi connectivity index (χ1) is 19.8. The van der Waals surface area contributed by atoms with Gasteiger partial charge < -0.3 is 31.3 Å². The molecule has 0 saturated carbocycles. The molecule has 1 fully saturated rings. The van der Waals surface area contributed by atoms with Gasteiger partial charge in [0.1, 0.15) is 19.2 Å². The lowest BCUT2D eigenvalue weighted by Gasteiger charge is -2.47. The van der Waals surface area contributed by atoms with Gasteiger partial charge in [-0.15, -0.1) is 11.6 Å². The minimum atomic E-state index is -1.79. The van der Waals surface area contributed by atoms with Crippen LogP contribution in [0.15, 0.2) is 60.7 Å². The van der Waals surface area contributed by atoms with Gasteiger partial charge in [0, 0.05) is 6.42 Å². The zero-order valence-corrected chi connectivity index (χ0v) is 24.8. The number of nitrogens with one attached hydrogen (secondary N) is 2. The number of amides is 4. The van der Waals surface area contributed by atoms with Crippen molar-refractivity contribution < 1.29 is 38.6 Å². The standard InChI is InChI=1S/C30H39ClN4O7/c1-30(2,3)35(16-21(31)15-24(35)26(32)38)28(40)25(37)22(14-19-10-6-4-7-11-19)33-27(39)23(17-36)34-29(41)42-18-20-12-8-5-9-13-20/h4-13,21-25,36-37H,14-18H2,1-3H3,(H3-,32,33,34,38,39,41)/p+1/t21-,22-,23-,24-,25-,35?/m0/s1. The van der Waals surface area contributed by atoms with E-state index in [-0.39, 0.29) is 26.0 Å². The van der Waals surface area contributed by atoms with Crippen LogP contribution in [-0.2, 0) is 32.1 Å². The van der Waals surface area contributed by atoms with Crippen molar-refractivity contribution >= 4 is 35.4 Å². The molecule has 1 saturated heterocycles. The minimum absolute atomic E-state index is 0.0335. The number of likely N-dealkylation sites (tertiary alicyclic amines) is 1. The molecular weight excluding hydrogens is 564 g/mol. The number of halogens is 1. The molecule has 12 heteroatoms. The molecular formula is C30H40ClN4O7+. The first-order valence-corrected chi connectivity index (χ1v) is 14.2. The number of nitrogens with zero attached hydrogens (tertiary/aromatic N) is 1. The highest BCUT2D eigenvalue weighted by Gasteiger charge is 2.62. The zero-order chi connectivity index (χ0) is 31.1. The smallest absolute Gasteiger partial charge is 0.408 e. The molecule has 0 aromatic heterocycles. The Morgan fingerprint density at radius 1 is 1.02 bits per heavy atom. The number of primary amides is 1. The van der Waals surface area contributed by atoms with Gasteiger partial charge in [0.05, 0.1) is 23.6 Å². The highest BCUT2D eigenvalue weighted by atomic mass is 35.5. The molecule has 2 aromatic carbocycles. The van der Waals surface area contributed by atoms with Gasteiger partial charge >= 0.3 is 12.0 Å². The number of carbonyl (C=O) groups is 4. The average Bonchev–Trinajstić information content (AvgIpc) is 3.33. The van der Waals surface area contributed by atoms with Gasteiger partial charge in [-0.25, -0.2) is 14.1 Å². The lowest BCUT2D eigenvalue weighted by molar-refractivity contribution is -0.904. The third kappa shape index (κ3) is 7.65. The van der Waals surface area contributed by atoms with Crippen molar-refractivity contribution in [2.45, 2.75) is 75.4 Å². The summed E-state index contributed by atoms with van der Waals surface area (Å²) in [5.41, 5.74) is 6.28. The Morgan fingerprint density at radius 2 is 1.60 bits per heavy atom. The normalized spacial score (nSPS) is 22.4. The Balaban J connectivity index is 1.84. The summed E-state index contributed by atoms with van der Waals surface area (Å²) in [6.07, 6.45) is -2.53. The molecule has 0 bridgehead atoms. The van der Waals surface area contributed by atoms with Crippen molar-refractivity contribution in [3.63, 3.8) is 0 Å². The van der Waals surface area contributed by atoms with Crippen LogP contribution in [0, 0.1) is 0 Å². The first kappa shape index (κ1) is 33.0. The summed E-state index contributed by atoms with van der Waals surface area (Å²) >= 11 is 6.45. The Hall–Kier alpha value is -3.51. The van der Waals surface area contributed by atoms with Gasteiger partial charge in [0.2, 0.25) is 5.91 Å². The number of carbonyl (C=O) groups excluding carboxylic acids is 4. The van der Waals surface area contributed by atoms with Crippen LogP contribution in [0.3, 0.4) is 0 Å². The van der Waals surface area contributed by atoms with E-state index in [0.717, 1.165) is 5.56 Å². The van der Waals surface area contributed by atoms with Gasteiger partial charge in [0.25, 0.3) is 5.91 Å². The third-order valence-electron chi connectivity index (χ3n) is 7.68. The number of nitrogens with two attached hydrogens (primary N) is 1. The van der Waals surface area contributed by atoms with Gasteiger partial charge in [0.15, 0.2) is 12.1 Å². The van der Waals surface area contributed by atoms with Crippen LogP contribution in [0.4, 0.5) is 4.79 Å². The molecule has 1 aliphatic rings. The molecule has 2 aromatic rings. The summed E-state index contributed by atoms with van der Waals surface area (Å²) in [5.74, 6) is -2.27. The molecule has 1 aliphatic heterocycles. The number of alkyl halides is 1. The van der Waals surface area contributed by atoms with E-state index in [9.17, 15) is 29.4 Å². The van der Waals surface area contributed by atoms with Crippen molar-refractivity contribution in [2.24, 2.45) is 5.73 Å². The lowest BCUT2D eigenvalue weighted by atomic mass is 9.93. The highest BCUT2D eigenvalue weighted by molar-refractivity contribution is 6.21. The molecule has 6 atom stereocenters. The SMILES string of the molecule is CC(C)(C)[N+]1(C(=O)[C@@H](O)[C@H](Cc2ccccc2)NC(=O)[C@H](CO)NC(=O)OCc2ccccc2)C[C@@H](Cl)C[C@H]1C(N)=O. The van der Waals surface area contributed by atoms with Crippen molar-refractivity contribution in [1.29, 1.82) is 0 Å². The van der Waals surface area contributed by atoms with E-state index < -0.39 is 70.1 Å². The summed E-state index contributed by atoms with van der Waals surface area (Å²) in [6, 6.07) is 14.2. The predicted octanol–water partition coefficient (Wildman–Crippen LogP) is 1.37. The summed E-state index contributed by atoms with van der Waals surface area (Å²) in [4.78, 5) is 52.4.